The van der Waals surface area contributed by atoms with Crippen molar-refractivity contribution in [2.24, 2.45) is 0 Å². The summed E-state index contributed by atoms with van der Waals surface area (Å²) in [7, 11) is 1.65. The molecule has 2 aromatic carbocycles. The number of halogens is 2. The number of piperidine rings is 1. The number of ether oxygens (including phenoxy) is 3. The minimum absolute atomic E-state index is 0.0342. The van der Waals surface area contributed by atoms with E-state index in [2.05, 4.69) is 4.90 Å². The molecular formula is C25H32ClFN2O5. The molecule has 2 aliphatic rings. The molecule has 0 radical (unpaired) electrons. The standard InChI is InChI=1S/C25H32ClFN2O5/c1-32-20-4-2-3-19(13-20)29-9-7-24(30,8-10-29)15-28-11-12-33-17-25(31,16-28)18-34-21-5-6-23(27)22(26)14-21/h2-6,13-14,30-31H,7-12,15-18H2,1H3/t25-/m0/s1. The predicted molar refractivity (Wildman–Crippen MR) is 129 cm³/mol. The fraction of sp³-hybridized carbons (Fsp3) is 0.520. The Labute approximate surface area is 204 Å². The highest BCUT2D eigenvalue weighted by atomic mass is 35.5. The zero-order valence-corrected chi connectivity index (χ0v) is 20.1. The van der Waals surface area contributed by atoms with Crippen LogP contribution in [0.4, 0.5) is 10.1 Å². The first-order valence-electron chi connectivity index (χ1n) is 11.5. The molecule has 2 aromatic rings. The third-order valence-electron chi connectivity index (χ3n) is 6.47. The minimum Gasteiger partial charge on any atom is -0.497 e. The molecule has 1 atom stereocenters. The SMILES string of the molecule is COc1cccc(N2CCC(O)(CN3CCOC[C@](O)(COc4ccc(F)c(Cl)c4)C3)CC2)c1. The van der Waals surface area contributed by atoms with E-state index in [1.807, 2.05) is 29.2 Å². The molecule has 9 heteroatoms. The second-order valence-electron chi connectivity index (χ2n) is 9.27. The number of β-amino-alcohol motifs (C(OH)–C–C–N with tert-alkyl or cyclic N) is 2. The van der Waals surface area contributed by atoms with Gasteiger partial charge in [-0.25, -0.2) is 4.39 Å². The molecule has 0 aromatic heterocycles. The number of rotatable bonds is 7. The van der Waals surface area contributed by atoms with Crippen LogP contribution in [0.25, 0.3) is 0 Å². The van der Waals surface area contributed by atoms with Crippen LogP contribution in [0.2, 0.25) is 5.02 Å². The van der Waals surface area contributed by atoms with Crippen LogP contribution in [0, 0.1) is 5.82 Å². The van der Waals surface area contributed by atoms with Crippen molar-refractivity contribution in [3.63, 3.8) is 0 Å². The summed E-state index contributed by atoms with van der Waals surface area (Å²) in [6.45, 7) is 3.33. The Hall–Kier alpha value is -2.10. The third-order valence-corrected chi connectivity index (χ3v) is 6.76. The molecular weight excluding hydrogens is 463 g/mol. The van der Waals surface area contributed by atoms with Gasteiger partial charge < -0.3 is 29.3 Å². The van der Waals surface area contributed by atoms with Crippen LogP contribution in [0.3, 0.4) is 0 Å². The van der Waals surface area contributed by atoms with E-state index in [1.165, 1.54) is 18.2 Å². The molecule has 0 spiro atoms. The Morgan fingerprint density at radius 1 is 1.06 bits per heavy atom. The summed E-state index contributed by atoms with van der Waals surface area (Å²) >= 11 is 5.82. The molecule has 7 nitrogen and oxygen atoms in total. The molecule has 0 aliphatic carbocycles. The van der Waals surface area contributed by atoms with E-state index >= 15 is 0 Å². The van der Waals surface area contributed by atoms with Gasteiger partial charge in [-0.15, -0.1) is 0 Å². The zero-order chi connectivity index (χ0) is 24.2. The maximum atomic E-state index is 13.4. The summed E-state index contributed by atoms with van der Waals surface area (Å²) in [5.74, 6) is 0.661. The number of benzene rings is 2. The van der Waals surface area contributed by atoms with Crippen LogP contribution in [0.5, 0.6) is 11.5 Å². The number of aliphatic hydroxyl groups is 2. The second kappa shape index (κ2) is 10.7. The first-order valence-corrected chi connectivity index (χ1v) is 11.9. The quantitative estimate of drug-likeness (QED) is 0.613. The molecule has 186 valence electrons. The lowest BCUT2D eigenvalue weighted by molar-refractivity contribution is -0.0742. The fourth-order valence-corrected chi connectivity index (χ4v) is 4.74. The molecule has 4 rings (SSSR count). The van der Waals surface area contributed by atoms with Crippen molar-refractivity contribution in [2.75, 3.05) is 64.6 Å². The maximum absolute atomic E-state index is 13.4. The van der Waals surface area contributed by atoms with Crippen molar-refractivity contribution < 1.29 is 28.8 Å². The number of methoxy groups -OCH3 is 1. The molecule has 0 saturated carbocycles. The van der Waals surface area contributed by atoms with Gasteiger partial charge in [0.1, 0.15) is 29.5 Å². The van der Waals surface area contributed by atoms with Gasteiger partial charge in [0.05, 0.1) is 30.9 Å². The van der Waals surface area contributed by atoms with E-state index in [0.717, 1.165) is 24.5 Å². The van der Waals surface area contributed by atoms with Crippen LogP contribution in [-0.2, 0) is 4.74 Å². The summed E-state index contributed by atoms with van der Waals surface area (Å²) in [6.07, 6.45) is 1.23. The first kappa shape index (κ1) is 25.0. The third kappa shape index (κ3) is 6.31. The molecule has 0 bridgehead atoms. The minimum atomic E-state index is -1.27. The van der Waals surface area contributed by atoms with Crippen LogP contribution in [-0.4, -0.2) is 86.0 Å². The monoisotopic (exact) mass is 494 g/mol. The Kier molecular flexibility index (Phi) is 7.84. The van der Waals surface area contributed by atoms with Gasteiger partial charge in [0.25, 0.3) is 0 Å². The number of hydrogen-bond donors (Lipinski definition) is 2. The molecule has 2 heterocycles. The lowest BCUT2D eigenvalue weighted by Gasteiger charge is -2.42. The second-order valence-corrected chi connectivity index (χ2v) is 9.67. The van der Waals surface area contributed by atoms with E-state index in [0.29, 0.717) is 44.8 Å². The van der Waals surface area contributed by atoms with Gasteiger partial charge in [0.15, 0.2) is 0 Å². The van der Waals surface area contributed by atoms with Crippen molar-refractivity contribution in [2.45, 2.75) is 24.0 Å². The van der Waals surface area contributed by atoms with E-state index < -0.39 is 17.0 Å². The Balaban J connectivity index is 1.33. The van der Waals surface area contributed by atoms with E-state index in [4.69, 9.17) is 25.8 Å². The van der Waals surface area contributed by atoms with Gasteiger partial charge in [-0.2, -0.15) is 0 Å². The molecule has 2 N–H and O–H groups in total. The average Bonchev–Trinajstić information content (AvgIpc) is 3.01. The van der Waals surface area contributed by atoms with Crippen molar-refractivity contribution >= 4 is 17.3 Å². The van der Waals surface area contributed by atoms with E-state index in [-0.39, 0.29) is 18.2 Å². The summed E-state index contributed by atoms with van der Waals surface area (Å²) < 4.78 is 30.0. The number of anilines is 1. The van der Waals surface area contributed by atoms with Crippen LogP contribution in [0.1, 0.15) is 12.8 Å². The molecule has 34 heavy (non-hydrogen) atoms. The summed E-state index contributed by atoms with van der Waals surface area (Å²) in [5.41, 5.74) is -1.04. The van der Waals surface area contributed by atoms with Crippen molar-refractivity contribution in [1.29, 1.82) is 0 Å². The molecule has 0 unspecified atom stereocenters. The van der Waals surface area contributed by atoms with Crippen LogP contribution in [0.15, 0.2) is 42.5 Å². The van der Waals surface area contributed by atoms with Gasteiger partial charge in [0.2, 0.25) is 0 Å². The summed E-state index contributed by atoms with van der Waals surface area (Å²) in [6, 6.07) is 12.0. The fourth-order valence-electron chi connectivity index (χ4n) is 4.57. The molecule has 2 fully saturated rings. The van der Waals surface area contributed by atoms with Crippen molar-refractivity contribution in [3.05, 3.63) is 53.3 Å². The van der Waals surface area contributed by atoms with Gasteiger partial charge in [-0.1, -0.05) is 17.7 Å². The van der Waals surface area contributed by atoms with E-state index in [1.54, 1.807) is 7.11 Å². The van der Waals surface area contributed by atoms with Gasteiger partial charge >= 0.3 is 0 Å². The number of nitrogens with zero attached hydrogens (tertiary/aromatic N) is 2. The Morgan fingerprint density at radius 3 is 2.59 bits per heavy atom. The Morgan fingerprint density at radius 2 is 1.85 bits per heavy atom. The summed E-state index contributed by atoms with van der Waals surface area (Å²) in [4.78, 5) is 4.29. The zero-order valence-electron chi connectivity index (χ0n) is 19.4. The predicted octanol–water partition coefficient (Wildman–Crippen LogP) is 2.96. The largest absolute Gasteiger partial charge is 0.497 e. The summed E-state index contributed by atoms with van der Waals surface area (Å²) in [5, 5.41) is 22.4. The van der Waals surface area contributed by atoms with Gasteiger partial charge in [0, 0.05) is 50.5 Å². The Bertz CT molecular complexity index is 972. The lowest BCUT2D eigenvalue weighted by atomic mass is 9.90. The van der Waals surface area contributed by atoms with Crippen LogP contribution < -0.4 is 14.4 Å². The molecule has 2 saturated heterocycles. The normalized spacial score (nSPS) is 23.4. The van der Waals surface area contributed by atoms with E-state index in [9.17, 15) is 14.6 Å². The average molecular weight is 495 g/mol. The smallest absolute Gasteiger partial charge is 0.142 e. The van der Waals surface area contributed by atoms with Gasteiger partial charge in [-0.05, 0) is 37.1 Å². The highest BCUT2D eigenvalue weighted by Crippen LogP contribution is 2.30. The highest BCUT2D eigenvalue weighted by Gasteiger charge is 2.39. The van der Waals surface area contributed by atoms with Crippen LogP contribution >= 0.6 is 11.6 Å². The number of hydrogen-bond acceptors (Lipinski definition) is 7. The molecule has 2 aliphatic heterocycles. The first-order chi connectivity index (χ1) is 16.3. The van der Waals surface area contributed by atoms with Gasteiger partial charge in [-0.3, -0.25) is 4.90 Å². The molecule has 0 amide bonds. The maximum Gasteiger partial charge on any atom is 0.142 e. The van der Waals surface area contributed by atoms with Crippen molar-refractivity contribution in [3.8, 4) is 11.5 Å². The lowest BCUT2D eigenvalue weighted by Crippen LogP contribution is -2.55. The highest BCUT2D eigenvalue weighted by molar-refractivity contribution is 6.30. The topological polar surface area (TPSA) is 74.6 Å². The van der Waals surface area contributed by atoms with Crippen molar-refractivity contribution in [1.82, 2.24) is 4.90 Å².